The average molecular weight is 337 g/mol. The predicted molar refractivity (Wildman–Crippen MR) is 84.8 cm³/mol. The van der Waals surface area contributed by atoms with Gasteiger partial charge in [-0.25, -0.2) is 0 Å². The van der Waals surface area contributed by atoms with E-state index in [9.17, 15) is 0 Å². The van der Waals surface area contributed by atoms with Gasteiger partial charge in [0, 0.05) is 22.2 Å². The molecule has 2 aromatic rings. The molecule has 0 bridgehead atoms. The molecule has 0 saturated heterocycles. The third-order valence-corrected chi connectivity index (χ3v) is 2.98. The normalized spacial score (nSPS) is 12.0. The summed E-state index contributed by atoms with van der Waals surface area (Å²) in [4.78, 5) is 0. The Labute approximate surface area is 134 Å². The first-order valence-electron chi connectivity index (χ1n) is 5.98. The standard InChI is InChI=1S/C14H15Cl2NO2.ClH/c1-9(18)7-17-8-13-2-3-14(19-13)10-4-11(15)6-12(16)5-10;/h2-6,9,17-18H,7-8H2,1H3;1H. The van der Waals surface area contributed by atoms with Gasteiger partial charge in [0.15, 0.2) is 0 Å². The third kappa shape index (κ3) is 5.00. The first kappa shape index (κ1) is 17.3. The highest BCUT2D eigenvalue weighted by Gasteiger charge is 2.07. The van der Waals surface area contributed by atoms with E-state index in [-0.39, 0.29) is 18.5 Å². The summed E-state index contributed by atoms with van der Waals surface area (Å²) in [5, 5.41) is 13.4. The lowest BCUT2D eigenvalue weighted by Gasteiger charge is -2.04. The van der Waals surface area contributed by atoms with Crippen LogP contribution in [0.15, 0.2) is 34.7 Å². The van der Waals surface area contributed by atoms with Crippen LogP contribution in [-0.2, 0) is 6.54 Å². The Morgan fingerprint density at radius 2 is 1.85 bits per heavy atom. The highest BCUT2D eigenvalue weighted by molar-refractivity contribution is 6.35. The number of nitrogens with one attached hydrogen (secondary N) is 1. The maximum absolute atomic E-state index is 9.15. The largest absolute Gasteiger partial charge is 0.460 e. The average Bonchev–Trinajstić information content (AvgIpc) is 2.76. The summed E-state index contributed by atoms with van der Waals surface area (Å²) in [6.45, 7) is 2.83. The first-order valence-corrected chi connectivity index (χ1v) is 6.74. The Balaban J connectivity index is 0.00000200. The molecule has 1 atom stereocenters. The fraction of sp³-hybridized carbons (Fsp3) is 0.286. The number of rotatable bonds is 5. The Bertz CT molecular complexity index is 535. The van der Waals surface area contributed by atoms with Gasteiger partial charge < -0.3 is 14.8 Å². The minimum atomic E-state index is -0.374. The van der Waals surface area contributed by atoms with Crippen molar-refractivity contribution in [3.8, 4) is 11.3 Å². The molecule has 0 aliphatic carbocycles. The lowest BCUT2D eigenvalue weighted by atomic mass is 10.2. The van der Waals surface area contributed by atoms with Gasteiger partial charge in [0.05, 0.1) is 12.6 Å². The predicted octanol–water partition coefficient (Wildman–Crippen LogP) is 4.15. The molecular formula is C14H16Cl3NO2. The van der Waals surface area contributed by atoms with Crippen molar-refractivity contribution in [1.29, 1.82) is 0 Å². The van der Waals surface area contributed by atoms with Crippen molar-refractivity contribution in [3.63, 3.8) is 0 Å². The quantitative estimate of drug-likeness (QED) is 0.862. The van der Waals surface area contributed by atoms with Gasteiger partial charge >= 0.3 is 0 Å². The lowest BCUT2D eigenvalue weighted by Crippen LogP contribution is -2.23. The molecule has 20 heavy (non-hydrogen) atoms. The summed E-state index contributed by atoms with van der Waals surface area (Å²) in [5.41, 5.74) is 0.847. The van der Waals surface area contributed by atoms with Crippen LogP contribution < -0.4 is 5.32 Å². The van der Waals surface area contributed by atoms with Crippen molar-refractivity contribution >= 4 is 35.6 Å². The van der Waals surface area contributed by atoms with Crippen molar-refractivity contribution in [2.75, 3.05) is 6.54 Å². The summed E-state index contributed by atoms with van der Waals surface area (Å²) < 4.78 is 5.70. The van der Waals surface area contributed by atoms with Gasteiger partial charge in [0.25, 0.3) is 0 Å². The Hall–Kier alpha value is -0.710. The molecule has 1 unspecified atom stereocenters. The Kier molecular flexibility index (Phi) is 6.86. The third-order valence-electron chi connectivity index (χ3n) is 2.55. The molecule has 0 spiro atoms. The van der Waals surface area contributed by atoms with E-state index in [0.29, 0.717) is 23.1 Å². The zero-order valence-electron chi connectivity index (χ0n) is 10.9. The van der Waals surface area contributed by atoms with Crippen LogP contribution in [0.4, 0.5) is 0 Å². The molecule has 1 aromatic heterocycles. The Morgan fingerprint density at radius 1 is 1.20 bits per heavy atom. The fourth-order valence-electron chi connectivity index (χ4n) is 1.73. The summed E-state index contributed by atoms with van der Waals surface area (Å²) in [6.07, 6.45) is -0.374. The molecule has 2 N–H and O–H groups in total. The van der Waals surface area contributed by atoms with E-state index >= 15 is 0 Å². The molecule has 1 heterocycles. The van der Waals surface area contributed by atoms with Crippen molar-refractivity contribution in [2.45, 2.75) is 19.6 Å². The van der Waals surface area contributed by atoms with Crippen LogP contribution in [0.3, 0.4) is 0 Å². The second-order valence-corrected chi connectivity index (χ2v) is 5.28. The monoisotopic (exact) mass is 335 g/mol. The molecule has 0 fully saturated rings. The van der Waals surface area contributed by atoms with Crippen LogP contribution in [0.5, 0.6) is 0 Å². The number of furan rings is 1. The van der Waals surface area contributed by atoms with Crippen LogP contribution in [0.25, 0.3) is 11.3 Å². The van der Waals surface area contributed by atoms with Crippen molar-refractivity contribution < 1.29 is 9.52 Å². The van der Waals surface area contributed by atoms with Gasteiger partial charge in [-0.15, -0.1) is 12.4 Å². The number of hydrogen-bond acceptors (Lipinski definition) is 3. The number of hydrogen-bond donors (Lipinski definition) is 2. The van der Waals surface area contributed by atoms with Crippen molar-refractivity contribution in [3.05, 3.63) is 46.1 Å². The summed E-state index contributed by atoms with van der Waals surface area (Å²) in [6, 6.07) is 9.06. The molecule has 0 aliphatic rings. The molecule has 2 rings (SSSR count). The second kappa shape index (κ2) is 7.91. The molecule has 0 radical (unpaired) electrons. The number of aliphatic hydroxyl groups excluding tert-OH is 1. The summed E-state index contributed by atoms with van der Waals surface area (Å²) in [5.74, 6) is 1.52. The molecule has 0 aliphatic heterocycles. The first-order chi connectivity index (χ1) is 9.04. The molecule has 1 aromatic carbocycles. The SMILES string of the molecule is CC(O)CNCc1ccc(-c2cc(Cl)cc(Cl)c2)o1.Cl. The molecule has 0 saturated carbocycles. The molecule has 6 heteroatoms. The van der Waals surface area contributed by atoms with Gasteiger partial charge in [-0.1, -0.05) is 23.2 Å². The van der Waals surface area contributed by atoms with Gasteiger partial charge in [-0.05, 0) is 37.3 Å². The van der Waals surface area contributed by atoms with Gasteiger partial charge in [-0.2, -0.15) is 0 Å². The van der Waals surface area contributed by atoms with Crippen LogP contribution in [0.2, 0.25) is 10.0 Å². The van der Waals surface area contributed by atoms with Gasteiger partial charge in [0.1, 0.15) is 11.5 Å². The fourth-order valence-corrected chi connectivity index (χ4v) is 2.25. The minimum Gasteiger partial charge on any atom is -0.460 e. The zero-order valence-corrected chi connectivity index (χ0v) is 13.2. The van der Waals surface area contributed by atoms with Gasteiger partial charge in [-0.3, -0.25) is 0 Å². The minimum absolute atomic E-state index is 0. The maximum atomic E-state index is 9.15. The van der Waals surface area contributed by atoms with Crippen LogP contribution in [0.1, 0.15) is 12.7 Å². The highest BCUT2D eigenvalue weighted by Crippen LogP contribution is 2.28. The summed E-state index contributed by atoms with van der Waals surface area (Å²) >= 11 is 11.9. The van der Waals surface area contributed by atoms with Crippen LogP contribution >= 0.6 is 35.6 Å². The second-order valence-electron chi connectivity index (χ2n) is 4.40. The number of aliphatic hydroxyl groups is 1. The van der Waals surface area contributed by atoms with Crippen LogP contribution in [0, 0.1) is 0 Å². The number of halogens is 3. The zero-order chi connectivity index (χ0) is 13.8. The van der Waals surface area contributed by atoms with Crippen molar-refractivity contribution in [1.82, 2.24) is 5.32 Å². The maximum Gasteiger partial charge on any atom is 0.134 e. The highest BCUT2D eigenvalue weighted by atomic mass is 35.5. The van der Waals surface area contributed by atoms with E-state index in [1.165, 1.54) is 0 Å². The van der Waals surface area contributed by atoms with E-state index in [1.54, 1.807) is 25.1 Å². The Morgan fingerprint density at radius 3 is 2.45 bits per heavy atom. The molecule has 3 nitrogen and oxygen atoms in total. The van der Waals surface area contributed by atoms with Crippen LogP contribution in [-0.4, -0.2) is 17.8 Å². The van der Waals surface area contributed by atoms with E-state index < -0.39 is 0 Å². The molecule has 0 amide bonds. The van der Waals surface area contributed by atoms with E-state index in [1.807, 2.05) is 12.1 Å². The van der Waals surface area contributed by atoms with E-state index in [0.717, 1.165) is 17.1 Å². The lowest BCUT2D eigenvalue weighted by molar-refractivity contribution is 0.190. The van der Waals surface area contributed by atoms with Crippen molar-refractivity contribution in [2.24, 2.45) is 0 Å². The molecule has 110 valence electrons. The van der Waals surface area contributed by atoms with E-state index in [4.69, 9.17) is 32.7 Å². The van der Waals surface area contributed by atoms with E-state index in [2.05, 4.69) is 5.32 Å². The van der Waals surface area contributed by atoms with Gasteiger partial charge in [0.2, 0.25) is 0 Å². The topological polar surface area (TPSA) is 45.4 Å². The summed E-state index contributed by atoms with van der Waals surface area (Å²) in [7, 11) is 0. The number of benzene rings is 1. The molecular weight excluding hydrogens is 321 g/mol. The smallest absolute Gasteiger partial charge is 0.134 e.